The fourth-order valence-electron chi connectivity index (χ4n) is 3.18. The van der Waals surface area contributed by atoms with Crippen LogP contribution in [0.3, 0.4) is 0 Å². The zero-order chi connectivity index (χ0) is 22.7. The Balaban J connectivity index is 1.61. The van der Waals surface area contributed by atoms with Crippen molar-refractivity contribution in [3.8, 4) is 11.4 Å². The first-order chi connectivity index (χ1) is 15.5. The van der Waals surface area contributed by atoms with Crippen molar-refractivity contribution in [1.82, 2.24) is 20.3 Å². The molecule has 0 radical (unpaired) electrons. The standard InChI is InChI=1S/C21H18ClF2N5O2S/c22-11-4-5-13(15(8-11)18(23)24)19-27-16-3-1-2-14(17(16)28-19)20(31)29-21-26-12(10-32-21)9-25-6-7-30/h1-5,8,10,18,25,30H,6-7,9H2,(H,27,28)(H,26,29,31). The van der Waals surface area contributed by atoms with E-state index in [-0.39, 0.29) is 34.1 Å². The van der Waals surface area contributed by atoms with Gasteiger partial charge in [0.2, 0.25) is 0 Å². The van der Waals surface area contributed by atoms with Crippen molar-refractivity contribution in [3.63, 3.8) is 0 Å². The maximum Gasteiger partial charge on any atom is 0.264 e. The lowest BCUT2D eigenvalue weighted by molar-refractivity contribution is 0.102. The van der Waals surface area contributed by atoms with Crippen LogP contribution in [-0.4, -0.2) is 39.1 Å². The highest BCUT2D eigenvalue weighted by molar-refractivity contribution is 7.14. The Bertz CT molecular complexity index is 1260. The number of aliphatic hydroxyl groups excluding tert-OH is 1. The maximum absolute atomic E-state index is 13.5. The Labute approximate surface area is 190 Å². The number of fused-ring (bicyclic) bond motifs is 1. The number of alkyl halides is 2. The number of nitrogens with zero attached hydrogens (tertiary/aromatic N) is 2. The third-order valence-electron chi connectivity index (χ3n) is 4.63. The summed E-state index contributed by atoms with van der Waals surface area (Å²) in [4.78, 5) is 24.7. The van der Waals surface area contributed by atoms with Gasteiger partial charge in [0.05, 0.1) is 23.4 Å². The van der Waals surface area contributed by atoms with E-state index in [1.807, 2.05) is 0 Å². The average Bonchev–Trinajstić information content (AvgIpc) is 3.40. The van der Waals surface area contributed by atoms with Crippen LogP contribution in [0, 0.1) is 0 Å². The first-order valence-corrected chi connectivity index (χ1v) is 10.9. The summed E-state index contributed by atoms with van der Waals surface area (Å²) in [6.07, 6.45) is -2.73. The number of carbonyl (C=O) groups excluding carboxylic acids is 1. The van der Waals surface area contributed by atoms with Gasteiger partial charge in [0.25, 0.3) is 12.3 Å². The molecule has 0 bridgehead atoms. The number of benzene rings is 2. The molecule has 2 aromatic carbocycles. The highest BCUT2D eigenvalue weighted by atomic mass is 35.5. The van der Waals surface area contributed by atoms with Crippen molar-refractivity contribution in [2.75, 3.05) is 18.5 Å². The van der Waals surface area contributed by atoms with Crippen LogP contribution in [0.1, 0.15) is 28.0 Å². The zero-order valence-electron chi connectivity index (χ0n) is 16.5. The summed E-state index contributed by atoms with van der Waals surface area (Å²) in [6, 6.07) is 9.20. The van der Waals surface area contributed by atoms with Gasteiger partial charge in [0.15, 0.2) is 5.13 Å². The molecule has 4 rings (SSSR count). The maximum atomic E-state index is 13.5. The molecule has 0 unspecified atom stereocenters. The average molecular weight is 478 g/mol. The van der Waals surface area contributed by atoms with Gasteiger partial charge in [-0.15, -0.1) is 11.3 Å². The van der Waals surface area contributed by atoms with Gasteiger partial charge in [-0.2, -0.15) is 0 Å². The summed E-state index contributed by atoms with van der Waals surface area (Å²) in [6.45, 7) is 0.945. The number of nitrogens with one attached hydrogen (secondary N) is 3. The van der Waals surface area contributed by atoms with Crippen molar-refractivity contribution >= 4 is 45.0 Å². The summed E-state index contributed by atoms with van der Waals surface area (Å²) in [5.41, 5.74) is 1.89. The van der Waals surface area contributed by atoms with E-state index in [0.717, 1.165) is 5.69 Å². The Morgan fingerprint density at radius 2 is 2.09 bits per heavy atom. The molecule has 0 atom stereocenters. The molecule has 4 N–H and O–H groups in total. The smallest absolute Gasteiger partial charge is 0.264 e. The van der Waals surface area contributed by atoms with Gasteiger partial charge in [-0.1, -0.05) is 17.7 Å². The van der Waals surface area contributed by atoms with Gasteiger partial charge < -0.3 is 15.4 Å². The predicted octanol–water partition coefficient (Wildman–Crippen LogP) is 4.61. The first kappa shape index (κ1) is 22.3. The summed E-state index contributed by atoms with van der Waals surface area (Å²) < 4.78 is 27.0. The number of thiazole rings is 1. The number of halogens is 3. The largest absolute Gasteiger partial charge is 0.395 e. The SMILES string of the molecule is O=C(Nc1nc(CNCCO)cs1)c1cccc2[nH]c(-c3ccc(Cl)cc3C(F)F)nc12. The molecule has 0 saturated carbocycles. The monoisotopic (exact) mass is 477 g/mol. The predicted molar refractivity (Wildman–Crippen MR) is 120 cm³/mol. The lowest BCUT2D eigenvalue weighted by atomic mass is 10.1. The molecule has 0 spiro atoms. The molecule has 0 fully saturated rings. The summed E-state index contributed by atoms with van der Waals surface area (Å²) in [5.74, 6) is -0.193. The van der Waals surface area contributed by atoms with Crippen molar-refractivity contribution in [2.45, 2.75) is 13.0 Å². The van der Waals surface area contributed by atoms with Crippen LogP contribution >= 0.6 is 22.9 Å². The van der Waals surface area contributed by atoms with Crippen molar-refractivity contribution in [1.29, 1.82) is 0 Å². The molecule has 0 saturated heterocycles. The molecular weight excluding hydrogens is 460 g/mol. The molecular formula is C21H18ClF2N5O2S. The molecule has 32 heavy (non-hydrogen) atoms. The van der Waals surface area contributed by atoms with Gasteiger partial charge in [-0.3, -0.25) is 10.1 Å². The van der Waals surface area contributed by atoms with Crippen molar-refractivity contribution in [3.05, 3.63) is 63.6 Å². The number of amides is 1. The zero-order valence-corrected chi connectivity index (χ0v) is 18.1. The van der Waals surface area contributed by atoms with Crippen LogP contribution < -0.4 is 10.6 Å². The molecule has 2 heterocycles. The van der Waals surface area contributed by atoms with Gasteiger partial charge in [-0.05, 0) is 30.3 Å². The summed E-state index contributed by atoms with van der Waals surface area (Å²) in [7, 11) is 0. The third-order valence-corrected chi connectivity index (χ3v) is 5.67. The molecule has 4 aromatic rings. The quantitative estimate of drug-likeness (QED) is 0.277. The van der Waals surface area contributed by atoms with E-state index >= 15 is 0 Å². The Morgan fingerprint density at radius 1 is 1.25 bits per heavy atom. The van der Waals surface area contributed by atoms with Crippen molar-refractivity contribution in [2.24, 2.45) is 0 Å². The Hall–Kier alpha value is -2.92. The second-order valence-electron chi connectivity index (χ2n) is 6.82. The first-order valence-electron chi connectivity index (χ1n) is 9.60. The van der Waals surface area contributed by atoms with Gasteiger partial charge >= 0.3 is 0 Å². The van der Waals surface area contributed by atoms with Gasteiger partial charge in [-0.25, -0.2) is 18.7 Å². The van der Waals surface area contributed by atoms with E-state index in [4.69, 9.17) is 16.7 Å². The molecule has 0 aliphatic carbocycles. The number of anilines is 1. The number of imidazole rings is 1. The lowest BCUT2D eigenvalue weighted by Gasteiger charge is -2.06. The molecule has 2 aromatic heterocycles. The summed E-state index contributed by atoms with van der Waals surface area (Å²) in [5, 5.41) is 17.0. The minimum Gasteiger partial charge on any atom is -0.395 e. The number of para-hydroxylation sites is 1. The van der Waals surface area contributed by atoms with Crippen LogP contribution in [0.15, 0.2) is 41.8 Å². The number of aromatic nitrogens is 3. The molecule has 166 valence electrons. The van der Waals surface area contributed by atoms with Gasteiger partial charge in [0, 0.05) is 34.6 Å². The van der Waals surface area contributed by atoms with Crippen LogP contribution in [0.25, 0.3) is 22.4 Å². The Kier molecular flexibility index (Phi) is 6.75. The summed E-state index contributed by atoms with van der Waals surface area (Å²) >= 11 is 7.15. The number of hydrogen-bond acceptors (Lipinski definition) is 6. The van der Waals surface area contributed by atoms with E-state index in [2.05, 4.69) is 25.6 Å². The van der Waals surface area contributed by atoms with Crippen LogP contribution in [-0.2, 0) is 6.54 Å². The molecule has 1 amide bonds. The second-order valence-corrected chi connectivity index (χ2v) is 8.11. The van der Waals surface area contributed by atoms with Crippen molar-refractivity contribution < 1.29 is 18.7 Å². The second kappa shape index (κ2) is 9.70. The van der Waals surface area contributed by atoms with E-state index in [9.17, 15) is 13.6 Å². The Morgan fingerprint density at radius 3 is 2.88 bits per heavy atom. The van der Waals surface area contributed by atoms with Crippen LogP contribution in [0.4, 0.5) is 13.9 Å². The van der Waals surface area contributed by atoms with Crippen LogP contribution in [0.2, 0.25) is 5.02 Å². The molecule has 0 aliphatic rings. The van der Waals surface area contributed by atoms with E-state index in [1.165, 1.54) is 29.5 Å². The lowest BCUT2D eigenvalue weighted by Crippen LogP contribution is -2.17. The number of aromatic amines is 1. The molecule has 0 aliphatic heterocycles. The fourth-order valence-corrected chi connectivity index (χ4v) is 4.06. The highest BCUT2D eigenvalue weighted by Crippen LogP contribution is 2.33. The molecule has 7 nitrogen and oxygen atoms in total. The minimum atomic E-state index is -2.73. The topological polar surface area (TPSA) is 103 Å². The number of hydrogen-bond donors (Lipinski definition) is 4. The fraction of sp³-hybridized carbons (Fsp3) is 0.190. The van der Waals surface area contributed by atoms with Gasteiger partial charge in [0.1, 0.15) is 11.3 Å². The number of H-pyrrole nitrogens is 1. The van der Waals surface area contributed by atoms with E-state index < -0.39 is 12.3 Å². The van der Waals surface area contributed by atoms with Crippen LogP contribution in [0.5, 0.6) is 0 Å². The normalized spacial score (nSPS) is 11.4. The third kappa shape index (κ3) is 4.78. The van der Waals surface area contributed by atoms with E-state index in [1.54, 1.807) is 23.6 Å². The highest BCUT2D eigenvalue weighted by Gasteiger charge is 2.20. The number of rotatable bonds is 8. The molecule has 11 heteroatoms. The minimum absolute atomic E-state index is 0.0260. The number of carbonyl (C=O) groups is 1. The van der Waals surface area contributed by atoms with E-state index in [0.29, 0.717) is 29.3 Å². The number of aliphatic hydroxyl groups is 1.